The van der Waals surface area contributed by atoms with Gasteiger partial charge < -0.3 is 10.5 Å². The van der Waals surface area contributed by atoms with Crippen molar-refractivity contribution < 1.29 is 4.74 Å². The van der Waals surface area contributed by atoms with Crippen LogP contribution in [0, 0.1) is 0 Å². The number of hydrogen-bond acceptors (Lipinski definition) is 2. The van der Waals surface area contributed by atoms with Crippen LogP contribution in [-0.4, -0.2) is 12.6 Å². The van der Waals surface area contributed by atoms with Gasteiger partial charge in [-0.15, -0.1) is 0 Å². The summed E-state index contributed by atoms with van der Waals surface area (Å²) in [6.07, 6.45) is 0.889. The van der Waals surface area contributed by atoms with Crippen LogP contribution in [0.4, 0.5) is 0 Å². The number of hydrogen-bond donors (Lipinski definition) is 1. The molecule has 0 saturated carbocycles. The van der Waals surface area contributed by atoms with E-state index in [1.54, 1.807) is 0 Å². The Labute approximate surface area is 101 Å². The molecule has 2 nitrogen and oxygen atoms in total. The zero-order valence-corrected chi connectivity index (χ0v) is 9.60. The van der Waals surface area contributed by atoms with Crippen LogP contribution >= 0.6 is 0 Å². The first-order valence-corrected chi connectivity index (χ1v) is 5.90. The molecule has 86 valence electrons. The maximum Gasteiger partial charge on any atom is 0.123 e. The van der Waals surface area contributed by atoms with Crippen LogP contribution < -0.4 is 10.5 Å². The summed E-state index contributed by atoms with van der Waals surface area (Å²) in [5.41, 5.74) is 9.66. The van der Waals surface area contributed by atoms with Gasteiger partial charge in [-0.1, -0.05) is 42.5 Å². The van der Waals surface area contributed by atoms with Crippen molar-refractivity contribution in [2.45, 2.75) is 12.5 Å². The minimum Gasteiger partial charge on any atom is -0.492 e. The van der Waals surface area contributed by atoms with Gasteiger partial charge in [0.05, 0.1) is 0 Å². The molecule has 2 N–H and O–H groups in total. The summed E-state index contributed by atoms with van der Waals surface area (Å²) in [4.78, 5) is 0. The highest BCUT2D eigenvalue weighted by Gasteiger charge is 2.19. The SMILES string of the molecule is NC1COc2cccc(-c3ccccc3)c2C1. The second-order valence-electron chi connectivity index (χ2n) is 4.42. The van der Waals surface area contributed by atoms with E-state index < -0.39 is 0 Å². The first kappa shape index (κ1) is 10.4. The molecule has 0 aromatic heterocycles. The summed E-state index contributed by atoms with van der Waals surface area (Å²) < 4.78 is 5.67. The van der Waals surface area contributed by atoms with Crippen LogP contribution in [0.1, 0.15) is 5.56 Å². The molecule has 2 aromatic rings. The first-order valence-electron chi connectivity index (χ1n) is 5.90. The van der Waals surface area contributed by atoms with E-state index in [1.165, 1.54) is 16.7 Å². The third kappa shape index (κ3) is 1.92. The van der Waals surface area contributed by atoms with Crippen LogP contribution in [0.25, 0.3) is 11.1 Å². The summed E-state index contributed by atoms with van der Waals surface area (Å²) in [5, 5.41) is 0. The van der Waals surface area contributed by atoms with Gasteiger partial charge in [0, 0.05) is 11.6 Å². The van der Waals surface area contributed by atoms with Crippen molar-refractivity contribution in [2.24, 2.45) is 5.73 Å². The van der Waals surface area contributed by atoms with E-state index in [1.807, 2.05) is 18.2 Å². The van der Waals surface area contributed by atoms with Crippen molar-refractivity contribution in [2.75, 3.05) is 6.61 Å². The molecule has 17 heavy (non-hydrogen) atoms. The number of benzene rings is 2. The fourth-order valence-corrected chi connectivity index (χ4v) is 2.32. The zero-order chi connectivity index (χ0) is 11.7. The molecule has 0 bridgehead atoms. The molecule has 0 saturated heterocycles. The number of ether oxygens (including phenoxy) is 1. The van der Waals surface area contributed by atoms with E-state index >= 15 is 0 Å². The highest BCUT2D eigenvalue weighted by Crippen LogP contribution is 2.33. The van der Waals surface area contributed by atoms with E-state index in [0.717, 1.165) is 12.2 Å². The monoisotopic (exact) mass is 225 g/mol. The van der Waals surface area contributed by atoms with Crippen molar-refractivity contribution in [3.05, 3.63) is 54.1 Å². The predicted octanol–water partition coefficient (Wildman–Crippen LogP) is 2.62. The predicted molar refractivity (Wildman–Crippen MR) is 69.1 cm³/mol. The fraction of sp³-hybridized carbons (Fsp3) is 0.200. The molecule has 0 aliphatic carbocycles. The van der Waals surface area contributed by atoms with Gasteiger partial charge in [-0.05, 0) is 23.6 Å². The van der Waals surface area contributed by atoms with E-state index in [9.17, 15) is 0 Å². The van der Waals surface area contributed by atoms with Crippen LogP contribution in [0.3, 0.4) is 0 Å². The summed E-state index contributed by atoms with van der Waals surface area (Å²) in [6.45, 7) is 0.616. The first-order chi connectivity index (χ1) is 8.34. The van der Waals surface area contributed by atoms with Gasteiger partial charge in [0.2, 0.25) is 0 Å². The van der Waals surface area contributed by atoms with Gasteiger partial charge in [0.25, 0.3) is 0 Å². The Morgan fingerprint density at radius 3 is 2.65 bits per heavy atom. The highest BCUT2D eigenvalue weighted by atomic mass is 16.5. The number of nitrogens with two attached hydrogens (primary N) is 1. The van der Waals surface area contributed by atoms with Crippen molar-refractivity contribution in [3.63, 3.8) is 0 Å². The average molecular weight is 225 g/mol. The summed E-state index contributed by atoms with van der Waals surface area (Å²) in [6, 6.07) is 16.7. The lowest BCUT2D eigenvalue weighted by atomic mass is 9.93. The van der Waals surface area contributed by atoms with Crippen molar-refractivity contribution in [3.8, 4) is 16.9 Å². The number of rotatable bonds is 1. The average Bonchev–Trinajstić information content (AvgIpc) is 2.39. The molecule has 1 aliphatic heterocycles. The maximum absolute atomic E-state index is 5.97. The standard InChI is InChI=1S/C15H15NO/c16-12-9-14-13(11-5-2-1-3-6-11)7-4-8-15(14)17-10-12/h1-8,12H,9-10,16H2. The Morgan fingerprint density at radius 2 is 1.82 bits per heavy atom. The largest absolute Gasteiger partial charge is 0.492 e. The summed E-state index contributed by atoms with van der Waals surface area (Å²) in [7, 11) is 0. The van der Waals surface area contributed by atoms with E-state index in [2.05, 4.69) is 30.3 Å². The molecule has 1 heterocycles. The van der Waals surface area contributed by atoms with Crippen LogP contribution in [0.15, 0.2) is 48.5 Å². The Bertz CT molecular complexity index is 522. The molecular weight excluding hydrogens is 210 g/mol. The Hall–Kier alpha value is -1.80. The molecular formula is C15H15NO. The third-order valence-electron chi connectivity index (χ3n) is 3.14. The van der Waals surface area contributed by atoms with E-state index in [-0.39, 0.29) is 6.04 Å². The fourth-order valence-electron chi connectivity index (χ4n) is 2.32. The van der Waals surface area contributed by atoms with Crippen LogP contribution in [-0.2, 0) is 6.42 Å². The molecule has 1 atom stereocenters. The summed E-state index contributed by atoms with van der Waals surface area (Å²) in [5.74, 6) is 0.980. The number of fused-ring (bicyclic) bond motifs is 1. The van der Waals surface area contributed by atoms with E-state index in [0.29, 0.717) is 6.61 Å². The van der Waals surface area contributed by atoms with Gasteiger partial charge in [-0.25, -0.2) is 0 Å². The lowest BCUT2D eigenvalue weighted by molar-refractivity contribution is 0.264. The molecule has 0 amide bonds. The van der Waals surface area contributed by atoms with Crippen molar-refractivity contribution >= 4 is 0 Å². The smallest absolute Gasteiger partial charge is 0.123 e. The second-order valence-corrected chi connectivity index (χ2v) is 4.42. The normalized spacial score (nSPS) is 18.3. The quantitative estimate of drug-likeness (QED) is 0.809. The molecule has 1 unspecified atom stereocenters. The van der Waals surface area contributed by atoms with Crippen molar-refractivity contribution in [1.29, 1.82) is 0 Å². The second kappa shape index (κ2) is 4.22. The molecule has 1 aliphatic rings. The van der Waals surface area contributed by atoms with Gasteiger partial charge >= 0.3 is 0 Å². The molecule has 0 spiro atoms. The van der Waals surface area contributed by atoms with Gasteiger partial charge in [-0.2, -0.15) is 0 Å². The molecule has 0 radical (unpaired) electrons. The molecule has 0 fully saturated rings. The third-order valence-corrected chi connectivity index (χ3v) is 3.14. The molecule has 3 rings (SSSR count). The topological polar surface area (TPSA) is 35.2 Å². The highest BCUT2D eigenvalue weighted by molar-refractivity contribution is 5.70. The van der Waals surface area contributed by atoms with E-state index in [4.69, 9.17) is 10.5 Å². The van der Waals surface area contributed by atoms with Crippen molar-refractivity contribution in [1.82, 2.24) is 0 Å². The minimum absolute atomic E-state index is 0.104. The Morgan fingerprint density at radius 1 is 1.00 bits per heavy atom. The molecule has 2 aromatic carbocycles. The summed E-state index contributed by atoms with van der Waals surface area (Å²) >= 11 is 0. The Balaban J connectivity index is 2.12. The van der Waals surface area contributed by atoms with Crippen LogP contribution in [0.2, 0.25) is 0 Å². The van der Waals surface area contributed by atoms with Gasteiger partial charge in [0.1, 0.15) is 12.4 Å². The maximum atomic E-state index is 5.97. The minimum atomic E-state index is 0.104. The lowest BCUT2D eigenvalue weighted by Crippen LogP contribution is -2.34. The Kier molecular flexibility index (Phi) is 2.57. The van der Waals surface area contributed by atoms with Gasteiger partial charge in [0.15, 0.2) is 0 Å². The van der Waals surface area contributed by atoms with Gasteiger partial charge in [-0.3, -0.25) is 0 Å². The van der Waals surface area contributed by atoms with Crippen LogP contribution in [0.5, 0.6) is 5.75 Å². The molecule has 2 heteroatoms. The lowest BCUT2D eigenvalue weighted by Gasteiger charge is -2.24. The zero-order valence-electron chi connectivity index (χ0n) is 9.60.